The van der Waals surface area contributed by atoms with Crippen molar-refractivity contribution in [3.05, 3.63) is 58.1 Å². The number of anilines is 2. The van der Waals surface area contributed by atoms with Gasteiger partial charge in [-0.15, -0.1) is 11.3 Å². The molecule has 4 heterocycles. The van der Waals surface area contributed by atoms with Crippen molar-refractivity contribution in [2.45, 2.75) is 25.7 Å². The Kier molecular flexibility index (Phi) is 3.91. The molecule has 1 aliphatic heterocycles. The molecule has 1 aliphatic rings. The van der Waals surface area contributed by atoms with Gasteiger partial charge >= 0.3 is 0 Å². The van der Waals surface area contributed by atoms with Crippen LogP contribution in [0, 0.1) is 11.6 Å². The molecule has 0 fully saturated rings. The highest BCUT2D eigenvalue weighted by molar-refractivity contribution is 7.17. The van der Waals surface area contributed by atoms with Crippen LogP contribution < -0.4 is 11.1 Å². The van der Waals surface area contributed by atoms with E-state index in [0.29, 0.717) is 17.1 Å². The zero-order chi connectivity index (χ0) is 21.2. The first-order valence-electron chi connectivity index (χ1n) is 9.15. The molecule has 0 bridgehead atoms. The second-order valence-corrected chi connectivity index (χ2v) is 8.51. The summed E-state index contributed by atoms with van der Waals surface area (Å²) in [4.78, 5) is 21.1. The van der Waals surface area contributed by atoms with Crippen molar-refractivity contribution in [3.8, 4) is 5.95 Å². The van der Waals surface area contributed by atoms with Gasteiger partial charge in [-0.2, -0.15) is 19.7 Å². The number of nitrogens with zero attached hydrogens (tertiary/aromatic N) is 4. The summed E-state index contributed by atoms with van der Waals surface area (Å²) < 4.78 is 30.1. The van der Waals surface area contributed by atoms with Gasteiger partial charge in [-0.05, 0) is 36.9 Å². The summed E-state index contributed by atoms with van der Waals surface area (Å²) in [6.07, 6.45) is 0.109. The second kappa shape index (κ2) is 6.30. The number of hydrogen-bond acceptors (Lipinski definition) is 6. The van der Waals surface area contributed by atoms with E-state index in [0.717, 1.165) is 16.3 Å². The zero-order valence-corrected chi connectivity index (χ0v) is 16.8. The topological polar surface area (TPSA) is 98.7 Å². The summed E-state index contributed by atoms with van der Waals surface area (Å²) in [5.74, 6) is -1.26. The molecule has 0 atom stereocenters. The molecule has 0 aliphatic carbocycles. The van der Waals surface area contributed by atoms with Crippen molar-refractivity contribution in [2.75, 3.05) is 11.1 Å². The van der Waals surface area contributed by atoms with Gasteiger partial charge in [0.1, 0.15) is 11.6 Å². The summed E-state index contributed by atoms with van der Waals surface area (Å²) in [5.41, 5.74) is 7.37. The standard InChI is InChI=1S/C20H16F2N6OS/c1-20(2)13-16(23)24-19(26-17(13)25-18(20)29)28-12-6-7-30-15(12)11(27-28)8-9-4-3-5-10(21)14(9)22/h3-7H,8H2,1-2H3,(H3,23,24,25,26,29). The van der Waals surface area contributed by atoms with E-state index >= 15 is 0 Å². The maximum atomic E-state index is 14.2. The summed E-state index contributed by atoms with van der Waals surface area (Å²) in [6, 6.07) is 5.91. The molecule has 1 amide bonds. The average Bonchev–Trinajstić information content (AvgIpc) is 3.34. The van der Waals surface area contributed by atoms with Gasteiger partial charge in [0.05, 0.1) is 26.9 Å². The summed E-state index contributed by atoms with van der Waals surface area (Å²) in [6.45, 7) is 3.51. The Balaban J connectivity index is 1.63. The SMILES string of the molecule is CC1(C)C(=O)Nc2nc(-n3nc(Cc4cccc(F)c4F)c4sccc43)nc(N)c21. The zero-order valence-electron chi connectivity index (χ0n) is 16.0. The minimum Gasteiger partial charge on any atom is -0.383 e. The molecular weight excluding hydrogens is 410 g/mol. The number of aromatic nitrogens is 4. The van der Waals surface area contributed by atoms with Crippen molar-refractivity contribution in [3.63, 3.8) is 0 Å². The smallest absolute Gasteiger partial charge is 0.255 e. The Morgan fingerprint density at radius 3 is 2.83 bits per heavy atom. The van der Waals surface area contributed by atoms with Crippen LogP contribution in [0.5, 0.6) is 0 Å². The number of fused-ring (bicyclic) bond motifs is 2. The van der Waals surface area contributed by atoms with E-state index in [1.807, 2.05) is 11.4 Å². The van der Waals surface area contributed by atoms with Crippen LogP contribution >= 0.6 is 11.3 Å². The molecular formula is C20H16F2N6OS. The first kappa shape index (κ1) is 18.6. The van der Waals surface area contributed by atoms with Crippen molar-refractivity contribution >= 4 is 39.1 Å². The third-order valence-electron chi connectivity index (χ3n) is 5.28. The third kappa shape index (κ3) is 2.60. The van der Waals surface area contributed by atoms with Gasteiger partial charge in [0.25, 0.3) is 5.95 Å². The van der Waals surface area contributed by atoms with Crippen molar-refractivity contribution < 1.29 is 13.6 Å². The first-order chi connectivity index (χ1) is 14.3. The third-order valence-corrected chi connectivity index (χ3v) is 6.24. The lowest BCUT2D eigenvalue weighted by Crippen LogP contribution is -2.27. The van der Waals surface area contributed by atoms with E-state index in [1.165, 1.54) is 28.2 Å². The van der Waals surface area contributed by atoms with E-state index in [4.69, 9.17) is 5.73 Å². The van der Waals surface area contributed by atoms with Crippen molar-refractivity contribution in [1.29, 1.82) is 0 Å². The highest BCUT2D eigenvalue weighted by Crippen LogP contribution is 2.40. The molecule has 4 aromatic rings. The van der Waals surface area contributed by atoms with Crippen LogP contribution in [-0.2, 0) is 16.6 Å². The van der Waals surface area contributed by atoms with Crippen LogP contribution in [0.1, 0.15) is 30.7 Å². The molecule has 5 rings (SSSR count). The van der Waals surface area contributed by atoms with Gasteiger partial charge in [0, 0.05) is 6.42 Å². The fourth-order valence-corrected chi connectivity index (χ4v) is 4.54. The van der Waals surface area contributed by atoms with Gasteiger partial charge in [-0.25, -0.2) is 8.78 Å². The van der Waals surface area contributed by atoms with E-state index < -0.39 is 17.0 Å². The first-order valence-corrected chi connectivity index (χ1v) is 10.0. The monoisotopic (exact) mass is 426 g/mol. The maximum Gasteiger partial charge on any atom is 0.255 e. The summed E-state index contributed by atoms with van der Waals surface area (Å²) in [5, 5.41) is 9.16. The lowest BCUT2D eigenvalue weighted by Gasteiger charge is -2.16. The van der Waals surface area contributed by atoms with Gasteiger partial charge in [-0.1, -0.05) is 12.1 Å². The average molecular weight is 426 g/mol. The molecule has 10 heteroatoms. The van der Waals surface area contributed by atoms with E-state index in [1.54, 1.807) is 13.8 Å². The van der Waals surface area contributed by atoms with Gasteiger partial charge in [0.2, 0.25) is 5.91 Å². The van der Waals surface area contributed by atoms with Gasteiger partial charge in [-0.3, -0.25) is 4.79 Å². The fourth-order valence-electron chi connectivity index (χ4n) is 3.68. The molecule has 152 valence electrons. The molecule has 30 heavy (non-hydrogen) atoms. The summed E-state index contributed by atoms with van der Waals surface area (Å²) >= 11 is 1.43. The van der Waals surface area contributed by atoms with Crippen LogP contribution in [-0.4, -0.2) is 25.7 Å². The van der Waals surface area contributed by atoms with Crippen LogP contribution in [0.2, 0.25) is 0 Å². The quantitative estimate of drug-likeness (QED) is 0.522. The minimum atomic E-state index is -0.901. The molecule has 0 saturated carbocycles. The van der Waals surface area contributed by atoms with Crippen LogP contribution in [0.15, 0.2) is 29.6 Å². The van der Waals surface area contributed by atoms with Crippen LogP contribution in [0.3, 0.4) is 0 Å². The molecule has 0 saturated heterocycles. The largest absolute Gasteiger partial charge is 0.383 e. The molecule has 0 spiro atoms. The van der Waals surface area contributed by atoms with Crippen LogP contribution in [0.4, 0.5) is 20.4 Å². The van der Waals surface area contributed by atoms with Crippen LogP contribution in [0.25, 0.3) is 16.2 Å². The molecule has 7 nitrogen and oxygen atoms in total. The Bertz CT molecular complexity index is 1340. The molecule has 0 unspecified atom stereocenters. The Hall–Kier alpha value is -3.40. The van der Waals surface area contributed by atoms with Gasteiger partial charge < -0.3 is 11.1 Å². The molecule has 3 aromatic heterocycles. The predicted octanol–water partition coefficient (Wildman–Crippen LogP) is 3.56. The number of benzene rings is 1. The highest BCUT2D eigenvalue weighted by atomic mass is 32.1. The Morgan fingerprint density at radius 1 is 1.23 bits per heavy atom. The number of halogens is 2. The fraction of sp³-hybridized carbons (Fsp3) is 0.200. The lowest BCUT2D eigenvalue weighted by atomic mass is 9.87. The number of nitrogens with two attached hydrogens (primary N) is 1. The minimum absolute atomic E-state index is 0.109. The van der Waals surface area contributed by atoms with Crippen molar-refractivity contribution in [2.24, 2.45) is 0 Å². The van der Waals surface area contributed by atoms with Crippen molar-refractivity contribution in [1.82, 2.24) is 19.7 Å². The number of rotatable bonds is 3. The highest BCUT2D eigenvalue weighted by Gasteiger charge is 2.42. The number of hydrogen-bond donors (Lipinski definition) is 2. The normalized spacial score (nSPS) is 14.9. The Labute approximate surface area is 173 Å². The number of carbonyl (C=O) groups excluding carboxylic acids is 1. The predicted molar refractivity (Wildman–Crippen MR) is 110 cm³/mol. The molecule has 1 aromatic carbocycles. The molecule has 3 N–H and O–H groups in total. The lowest BCUT2D eigenvalue weighted by molar-refractivity contribution is -0.119. The number of thiophene rings is 1. The van der Waals surface area contributed by atoms with Gasteiger partial charge in [0.15, 0.2) is 11.6 Å². The van der Waals surface area contributed by atoms with E-state index in [2.05, 4.69) is 20.4 Å². The molecule has 0 radical (unpaired) electrons. The maximum absolute atomic E-state index is 14.2. The van der Waals surface area contributed by atoms with E-state index in [9.17, 15) is 13.6 Å². The number of amides is 1. The number of nitrogens with one attached hydrogen (secondary N) is 1. The Morgan fingerprint density at radius 2 is 2.03 bits per heavy atom. The van der Waals surface area contributed by atoms with E-state index in [-0.39, 0.29) is 29.7 Å². The number of nitrogen functional groups attached to an aromatic ring is 1. The second-order valence-electron chi connectivity index (χ2n) is 7.59. The summed E-state index contributed by atoms with van der Waals surface area (Å²) in [7, 11) is 0. The number of carbonyl (C=O) groups is 1.